The van der Waals surface area contributed by atoms with Crippen LogP contribution in [-0.2, 0) is 9.47 Å². The highest BCUT2D eigenvalue weighted by atomic mass is 16.6. The topological polar surface area (TPSA) is 30.5 Å². The fourth-order valence-corrected chi connectivity index (χ4v) is 2.59. The third-order valence-electron chi connectivity index (χ3n) is 3.95. The predicted octanol–water partition coefficient (Wildman–Crippen LogP) is 2.59. The van der Waals surface area contributed by atoms with Crippen LogP contribution < -0.4 is 5.32 Å². The van der Waals surface area contributed by atoms with Crippen LogP contribution in [-0.4, -0.2) is 31.9 Å². The summed E-state index contributed by atoms with van der Waals surface area (Å²) < 4.78 is 11.7. The van der Waals surface area contributed by atoms with Gasteiger partial charge in [-0.1, -0.05) is 24.3 Å². The lowest BCUT2D eigenvalue weighted by Crippen LogP contribution is -2.28. The summed E-state index contributed by atoms with van der Waals surface area (Å²) in [5.41, 5.74) is 2.62. The second kappa shape index (κ2) is 6.04. The van der Waals surface area contributed by atoms with Gasteiger partial charge in [0.05, 0.1) is 18.8 Å². The first-order valence-corrected chi connectivity index (χ1v) is 7.35. The molecule has 0 bridgehead atoms. The van der Waals surface area contributed by atoms with Crippen molar-refractivity contribution >= 4 is 0 Å². The maximum Gasteiger partial charge on any atom is 0.0956 e. The average Bonchev–Trinajstić information content (AvgIpc) is 3.11. The number of rotatable bonds is 6. The van der Waals surface area contributed by atoms with Crippen molar-refractivity contribution in [3.05, 3.63) is 35.4 Å². The molecule has 2 fully saturated rings. The molecule has 1 saturated heterocycles. The second-order valence-corrected chi connectivity index (χ2v) is 5.65. The number of aryl methyl sites for hydroxylation is 1. The molecule has 19 heavy (non-hydrogen) atoms. The number of hydrogen-bond donors (Lipinski definition) is 1. The van der Waals surface area contributed by atoms with Crippen LogP contribution in [0, 0.1) is 6.92 Å². The van der Waals surface area contributed by atoms with Crippen LogP contribution in [0.5, 0.6) is 0 Å². The van der Waals surface area contributed by atoms with Gasteiger partial charge in [-0.15, -0.1) is 0 Å². The zero-order chi connectivity index (χ0) is 13.1. The molecule has 1 heterocycles. The van der Waals surface area contributed by atoms with Crippen LogP contribution in [0.1, 0.15) is 36.5 Å². The van der Waals surface area contributed by atoms with Gasteiger partial charge in [-0.05, 0) is 37.3 Å². The van der Waals surface area contributed by atoms with E-state index in [4.69, 9.17) is 9.47 Å². The summed E-state index contributed by atoms with van der Waals surface area (Å²) >= 11 is 0. The lowest BCUT2D eigenvalue weighted by molar-refractivity contribution is -0.0169. The summed E-state index contributed by atoms with van der Waals surface area (Å²) in [6.45, 7) is 4.65. The quantitative estimate of drug-likeness (QED) is 0.854. The molecule has 2 aliphatic rings. The van der Waals surface area contributed by atoms with Crippen molar-refractivity contribution in [1.82, 2.24) is 5.32 Å². The molecular formula is C16H23NO2. The normalized spacial score (nSPS) is 24.6. The minimum absolute atomic E-state index is 0.147. The highest BCUT2D eigenvalue weighted by Crippen LogP contribution is 2.26. The minimum Gasteiger partial charge on any atom is -0.379 e. The smallest absolute Gasteiger partial charge is 0.0956 e. The molecule has 1 aliphatic heterocycles. The molecule has 1 aliphatic carbocycles. The highest BCUT2D eigenvalue weighted by Gasteiger charge is 2.26. The molecule has 1 aromatic rings. The number of hydrogen-bond acceptors (Lipinski definition) is 3. The molecule has 1 aromatic carbocycles. The Bertz CT molecular complexity index is 411. The van der Waals surface area contributed by atoms with E-state index in [2.05, 4.69) is 36.5 Å². The fraction of sp³-hybridized carbons (Fsp3) is 0.625. The second-order valence-electron chi connectivity index (χ2n) is 5.65. The van der Waals surface area contributed by atoms with Gasteiger partial charge in [-0.3, -0.25) is 0 Å². The van der Waals surface area contributed by atoms with E-state index in [9.17, 15) is 0 Å². The van der Waals surface area contributed by atoms with E-state index in [-0.39, 0.29) is 12.2 Å². The standard InChI is InChI=1S/C16H23NO2/c1-12-4-2-3-5-15(12)16(10-17-13-6-7-13)19-14-8-9-18-11-14/h2-5,13-14,16-17H,6-11H2,1H3. The summed E-state index contributed by atoms with van der Waals surface area (Å²) in [4.78, 5) is 0. The van der Waals surface area contributed by atoms with Crippen molar-refractivity contribution in [3.63, 3.8) is 0 Å². The molecule has 0 amide bonds. The zero-order valence-corrected chi connectivity index (χ0v) is 11.6. The Morgan fingerprint density at radius 3 is 2.84 bits per heavy atom. The van der Waals surface area contributed by atoms with Crippen LogP contribution in [0.2, 0.25) is 0 Å². The Kier molecular flexibility index (Phi) is 4.16. The monoisotopic (exact) mass is 261 g/mol. The van der Waals surface area contributed by atoms with Gasteiger partial charge >= 0.3 is 0 Å². The summed E-state index contributed by atoms with van der Waals surface area (Å²) in [6.07, 6.45) is 4.05. The Morgan fingerprint density at radius 2 is 2.16 bits per heavy atom. The van der Waals surface area contributed by atoms with Gasteiger partial charge in [0.2, 0.25) is 0 Å². The van der Waals surface area contributed by atoms with Crippen LogP contribution in [0.4, 0.5) is 0 Å². The van der Waals surface area contributed by atoms with E-state index in [0.29, 0.717) is 0 Å². The minimum atomic E-state index is 0.147. The van der Waals surface area contributed by atoms with Crippen molar-refractivity contribution < 1.29 is 9.47 Å². The van der Waals surface area contributed by atoms with Gasteiger partial charge in [0.1, 0.15) is 0 Å². The summed E-state index contributed by atoms with van der Waals surface area (Å²) in [6, 6.07) is 9.25. The summed E-state index contributed by atoms with van der Waals surface area (Å²) in [7, 11) is 0. The number of ether oxygens (including phenoxy) is 2. The largest absolute Gasteiger partial charge is 0.379 e. The third kappa shape index (κ3) is 3.56. The van der Waals surface area contributed by atoms with Crippen LogP contribution in [0.3, 0.4) is 0 Å². The summed E-state index contributed by atoms with van der Waals surface area (Å²) in [5, 5.41) is 3.59. The molecule has 0 spiro atoms. The molecule has 2 atom stereocenters. The van der Waals surface area contributed by atoms with Crippen molar-refractivity contribution in [1.29, 1.82) is 0 Å². The fourth-order valence-electron chi connectivity index (χ4n) is 2.59. The Labute approximate surface area is 115 Å². The van der Waals surface area contributed by atoms with Crippen molar-refractivity contribution in [2.24, 2.45) is 0 Å². The van der Waals surface area contributed by atoms with E-state index in [1.807, 2.05) is 0 Å². The molecule has 2 unspecified atom stereocenters. The van der Waals surface area contributed by atoms with E-state index in [1.54, 1.807) is 0 Å². The van der Waals surface area contributed by atoms with E-state index >= 15 is 0 Å². The Morgan fingerprint density at radius 1 is 1.32 bits per heavy atom. The van der Waals surface area contributed by atoms with Gasteiger partial charge < -0.3 is 14.8 Å². The Hall–Kier alpha value is -0.900. The van der Waals surface area contributed by atoms with Crippen molar-refractivity contribution in [2.75, 3.05) is 19.8 Å². The zero-order valence-electron chi connectivity index (χ0n) is 11.6. The van der Waals surface area contributed by atoms with Gasteiger partial charge in [0, 0.05) is 19.2 Å². The maximum atomic E-state index is 6.27. The van der Waals surface area contributed by atoms with Crippen LogP contribution >= 0.6 is 0 Å². The van der Waals surface area contributed by atoms with Gasteiger partial charge in [0.15, 0.2) is 0 Å². The number of nitrogens with one attached hydrogen (secondary N) is 1. The van der Waals surface area contributed by atoms with Gasteiger partial charge in [0.25, 0.3) is 0 Å². The molecule has 0 radical (unpaired) electrons. The average molecular weight is 261 g/mol. The van der Waals surface area contributed by atoms with E-state index in [0.717, 1.165) is 32.2 Å². The van der Waals surface area contributed by atoms with E-state index in [1.165, 1.54) is 24.0 Å². The predicted molar refractivity (Wildman–Crippen MR) is 75.3 cm³/mol. The lowest BCUT2D eigenvalue weighted by Gasteiger charge is -2.23. The van der Waals surface area contributed by atoms with Crippen LogP contribution in [0.15, 0.2) is 24.3 Å². The molecule has 1 N–H and O–H groups in total. The molecule has 0 aromatic heterocycles. The first-order valence-electron chi connectivity index (χ1n) is 7.35. The molecule has 3 rings (SSSR count). The third-order valence-corrected chi connectivity index (χ3v) is 3.95. The molecule has 3 heteroatoms. The van der Waals surface area contributed by atoms with Gasteiger partial charge in [-0.25, -0.2) is 0 Å². The maximum absolute atomic E-state index is 6.27. The molecular weight excluding hydrogens is 238 g/mol. The van der Waals surface area contributed by atoms with E-state index < -0.39 is 0 Å². The Balaban J connectivity index is 1.68. The molecule has 1 saturated carbocycles. The number of benzene rings is 1. The molecule has 3 nitrogen and oxygen atoms in total. The van der Waals surface area contributed by atoms with Crippen molar-refractivity contribution in [3.8, 4) is 0 Å². The lowest BCUT2D eigenvalue weighted by atomic mass is 10.0. The molecule has 104 valence electrons. The first-order chi connectivity index (χ1) is 9.33. The summed E-state index contributed by atoms with van der Waals surface area (Å²) in [5.74, 6) is 0. The first kappa shape index (κ1) is 13.1. The SMILES string of the molecule is Cc1ccccc1C(CNC1CC1)OC1CCOC1. The van der Waals surface area contributed by atoms with Crippen molar-refractivity contribution in [2.45, 2.75) is 44.4 Å². The van der Waals surface area contributed by atoms with Crippen LogP contribution in [0.25, 0.3) is 0 Å². The van der Waals surface area contributed by atoms with Gasteiger partial charge in [-0.2, -0.15) is 0 Å². The highest BCUT2D eigenvalue weighted by molar-refractivity contribution is 5.28.